The third-order valence-corrected chi connectivity index (χ3v) is 7.64. The minimum atomic E-state index is -4.01. The molecule has 0 saturated carbocycles. The van der Waals surface area contributed by atoms with Crippen molar-refractivity contribution in [3.05, 3.63) is 126 Å². The van der Waals surface area contributed by atoms with Crippen molar-refractivity contribution in [2.45, 2.75) is 25.3 Å². The highest BCUT2D eigenvalue weighted by molar-refractivity contribution is 7.92. The second kappa shape index (κ2) is 12.2. The molecule has 39 heavy (non-hydrogen) atoms. The Morgan fingerprint density at radius 3 is 2.00 bits per heavy atom. The first-order valence-electron chi connectivity index (χ1n) is 12.2. The second-order valence-corrected chi connectivity index (χ2v) is 10.6. The monoisotopic (exact) mass is 540 g/mol. The van der Waals surface area contributed by atoms with Crippen LogP contribution in [0.2, 0.25) is 0 Å². The van der Waals surface area contributed by atoms with Crippen molar-refractivity contribution in [1.29, 1.82) is 0 Å². The maximum Gasteiger partial charge on any atom is 0.273 e. The normalized spacial score (nSPS) is 11.5. The predicted octanol–water partition coefficient (Wildman–Crippen LogP) is 5.19. The first-order chi connectivity index (χ1) is 18.8. The highest BCUT2D eigenvalue weighted by atomic mass is 32.2. The molecule has 2 amide bonds. The number of sulfonamides is 1. The molecule has 0 heterocycles. The molecule has 0 aromatic heterocycles. The van der Waals surface area contributed by atoms with Gasteiger partial charge >= 0.3 is 0 Å². The quantitative estimate of drug-likeness (QED) is 0.225. The Bertz CT molecular complexity index is 1590. The zero-order chi connectivity index (χ0) is 27.8. The summed E-state index contributed by atoms with van der Waals surface area (Å²) in [7, 11) is -4.01. The van der Waals surface area contributed by atoms with Gasteiger partial charge in [-0.15, -0.1) is 0 Å². The van der Waals surface area contributed by atoms with Crippen LogP contribution in [0.1, 0.15) is 35.3 Å². The molecule has 8 nitrogen and oxygen atoms in total. The van der Waals surface area contributed by atoms with E-state index in [9.17, 15) is 18.0 Å². The number of hydrogen-bond donors (Lipinski definition) is 2. The number of carbonyl (C=O) groups is 2. The molecule has 4 rings (SSSR count). The van der Waals surface area contributed by atoms with Crippen molar-refractivity contribution in [2.75, 3.05) is 9.62 Å². The number of benzene rings is 4. The molecule has 0 aliphatic carbocycles. The highest BCUT2D eigenvalue weighted by Crippen LogP contribution is 2.29. The minimum absolute atomic E-state index is 0.0330. The third kappa shape index (κ3) is 6.77. The summed E-state index contributed by atoms with van der Waals surface area (Å²) in [6.07, 6.45) is 0. The smallest absolute Gasteiger partial charge is 0.273 e. The van der Waals surface area contributed by atoms with Gasteiger partial charge in [-0.25, -0.2) is 13.8 Å². The number of amides is 2. The van der Waals surface area contributed by atoms with Gasteiger partial charge in [0, 0.05) is 12.6 Å². The van der Waals surface area contributed by atoms with Gasteiger partial charge in [0.15, 0.2) is 0 Å². The van der Waals surface area contributed by atoms with Crippen LogP contribution in [0.5, 0.6) is 0 Å². The largest absolute Gasteiger partial charge is 0.326 e. The highest BCUT2D eigenvalue weighted by Gasteiger charge is 2.28. The lowest BCUT2D eigenvalue weighted by atomic mass is 10.1. The summed E-state index contributed by atoms with van der Waals surface area (Å²) >= 11 is 0. The van der Waals surface area contributed by atoms with Gasteiger partial charge in [-0.3, -0.25) is 13.9 Å². The summed E-state index contributed by atoms with van der Waals surface area (Å²) < 4.78 is 28.8. The van der Waals surface area contributed by atoms with Crippen LogP contribution in [-0.2, 0) is 21.4 Å². The topological polar surface area (TPSA) is 108 Å². The van der Waals surface area contributed by atoms with Gasteiger partial charge < -0.3 is 5.32 Å². The van der Waals surface area contributed by atoms with E-state index in [1.54, 1.807) is 73.7 Å². The van der Waals surface area contributed by atoms with Gasteiger partial charge in [-0.05, 0) is 54.4 Å². The lowest BCUT2D eigenvalue weighted by molar-refractivity contribution is -0.114. The van der Waals surface area contributed by atoms with Gasteiger partial charge in [-0.2, -0.15) is 5.10 Å². The van der Waals surface area contributed by atoms with Crippen molar-refractivity contribution in [1.82, 2.24) is 5.43 Å². The first-order valence-corrected chi connectivity index (χ1v) is 13.6. The summed E-state index contributed by atoms with van der Waals surface area (Å²) in [5.74, 6) is -0.726. The number of rotatable bonds is 9. The van der Waals surface area contributed by atoms with Crippen LogP contribution in [0, 0.1) is 0 Å². The van der Waals surface area contributed by atoms with Gasteiger partial charge in [0.25, 0.3) is 15.9 Å². The first kappa shape index (κ1) is 27.3. The van der Waals surface area contributed by atoms with Crippen LogP contribution in [0.15, 0.2) is 119 Å². The Balaban J connectivity index is 1.65. The number of carbonyl (C=O) groups excluding carboxylic acids is 2. The minimum Gasteiger partial charge on any atom is -0.326 e. The van der Waals surface area contributed by atoms with Gasteiger partial charge in [0.2, 0.25) is 5.91 Å². The zero-order valence-electron chi connectivity index (χ0n) is 21.5. The molecule has 0 atom stereocenters. The van der Waals surface area contributed by atoms with E-state index in [0.29, 0.717) is 11.4 Å². The molecular weight excluding hydrogens is 512 g/mol. The van der Waals surface area contributed by atoms with E-state index in [-0.39, 0.29) is 28.6 Å². The Hall–Kier alpha value is -4.76. The van der Waals surface area contributed by atoms with Crippen LogP contribution in [-0.4, -0.2) is 25.9 Å². The Labute approximate surface area is 228 Å². The molecule has 0 aliphatic rings. The number of nitrogens with one attached hydrogen (secondary N) is 2. The summed E-state index contributed by atoms with van der Waals surface area (Å²) in [5, 5.41) is 6.93. The number of anilines is 2. The molecule has 0 aliphatic heterocycles. The summed E-state index contributed by atoms with van der Waals surface area (Å²) in [6.45, 7) is 3.20. The molecule has 0 saturated heterocycles. The summed E-state index contributed by atoms with van der Waals surface area (Å²) in [4.78, 5) is 24.7. The number of hydrazone groups is 1. The van der Waals surface area contributed by atoms with Crippen LogP contribution >= 0.6 is 0 Å². The predicted molar refractivity (Wildman–Crippen MR) is 153 cm³/mol. The number of para-hydroxylation sites is 1. The molecule has 2 N–H and O–H groups in total. The maximum atomic E-state index is 13.8. The molecule has 0 fully saturated rings. The fourth-order valence-electron chi connectivity index (χ4n) is 3.91. The molecule has 0 spiro atoms. The molecule has 0 radical (unpaired) electrons. The van der Waals surface area contributed by atoms with Crippen molar-refractivity contribution in [3.63, 3.8) is 0 Å². The fraction of sp³-hybridized carbons (Fsp3) is 0.100. The lowest BCUT2D eigenvalue weighted by Crippen LogP contribution is -2.33. The summed E-state index contributed by atoms with van der Waals surface area (Å²) in [6, 6.07) is 30.9. The van der Waals surface area contributed by atoms with Crippen LogP contribution in [0.25, 0.3) is 0 Å². The molecule has 4 aromatic carbocycles. The van der Waals surface area contributed by atoms with E-state index in [0.717, 1.165) is 11.1 Å². The van der Waals surface area contributed by atoms with E-state index in [1.165, 1.54) is 23.4 Å². The maximum absolute atomic E-state index is 13.8. The van der Waals surface area contributed by atoms with E-state index in [4.69, 9.17) is 0 Å². The van der Waals surface area contributed by atoms with Gasteiger partial charge in [0.1, 0.15) is 0 Å². The van der Waals surface area contributed by atoms with Gasteiger partial charge in [0.05, 0.1) is 28.4 Å². The fourth-order valence-corrected chi connectivity index (χ4v) is 5.40. The van der Waals surface area contributed by atoms with E-state index in [1.807, 2.05) is 30.3 Å². The molecule has 0 unspecified atom stereocenters. The second-order valence-electron chi connectivity index (χ2n) is 8.72. The Kier molecular flexibility index (Phi) is 8.53. The van der Waals surface area contributed by atoms with E-state index >= 15 is 0 Å². The average molecular weight is 541 g/mol. The number of nitrogens with zero attached hydrogens (tertiary/aromatic N) is 2. The van der Waals surface area contributed by atoms with Crippen LogP contribution < -0.4 is 15.0 Å². The standard InChI is InChI=1S/C30H28N4O4S/c1-22(25-17-19-26(20-18-25)31-23(2)35)32-33-30(36)28-15-9-10-16-29(28)34(21-24-11-5-3-6-12-24)39(37,38)27-13-7-4-8-14-27/h3-20H,21H2,1-2H3,(H,31,35)(H,33,36)/b32-22-. The van der Waals surface area contributed by atoms with Crippen LogP contribution in [0.4, 0.5) is 11.4 Å². The van der Waals surface area contributed by atoms with Crippen molar-refractivity contribution < 1.29 is 18.0 Å². The van der Waals surface area contributed by atoms with E-state index in [2.05, 4.69) is 15.8 Å². The summed E-state index contributed by atoms with van der Waals surface area (Å²) in [5.41, 5.74) is 5.64. The number of hydrogen-bond acceptors (Lipinski definition) is 5. The molecular formula is C30H28N4O4S. The molecule has 4 aromatic rings. The van der Waals surface area contributed by atoms with Crippen molar-refractivity contribution >= 4 is 38.9 Å². The SMILES string of the molecule is CC(=O)Nc1ccc(/C(C)=N\NC(=O)c2ccccc2N(Cc2ccccc2)S(=O)(=O)c2ccccc2)cc1. The van der Waals surface area contributed by atoms with Crippen molar-refractivity contribution in [3.8, 4) is 0 Å². The van der Waals surface area contributed by atoms with Crippen molar-refractivity contribution in [2.24, 2.45) is 5.10 Å². The zero-order valence-corrected chi connectivity index (χ0v) is 22.4. The molecule has 0 bridgehead atoms. The Morgan fingerprint density at radius 1 is 0.769 bits per heavy atom. The lowest BCUT2D eigenvalue weighted by Gasteiger charge is -2.26. The molecule has 9 heteroatoms. The van der Waals surface area contributed by atoms with Crippen LogP contribution in [0.3, 0.4) is 0 Å². The molecule has 198 valence electrons. The third-order valence-electron chi connectivity index (χ3n) is 5.87. The average Bonchev–Trinajstić information content (AvgIpc) is 2.95. The van der Waals surface area contributed by atoms with Gasteiger partial charge in [-0.1, -0.05) is 72.8 Å². The van der Waals surface area contributed by atoms with E-state index < -0.39 is 15.9 Å². The Morgan fingerprint density at radius 2 is 1.36 bits per heavy atom.